The van der Waals surface area contributed by atoms with Crippen molar-refractivity contribution < 1.29 is 9.22 Å². The van der Waals surface area contributed by atoms with Crippen LogP contribution in [0.3, 0.4) is 0 Å². The van der Waals surface area contributed by atoms with E-state index in [4.69, 9.17) is 4.43 Å². The molecule has 6 atom stereocenters. The SMILES string of the molecule is CC(=O)[C@@H]1C=C[C@@H]2[C@]1(C)CC[C@H]1C(C)(C)[C@@H](O[Si](C(C)C)(C(C)C)C(C)C)CC[C@]21C. The van der Waals surface area contributed by atoms with Gasteiger partial charge in [0.25, 0.3) is 0 Å². The van der Waals surface area contributed by atoms with Gasteiger partial charge in [-0.2, -0.15) is 0 Å². The van der Waals surface area contributed by atoms with Gasteiger partial charge in [-0.25, -0.2) is 0 Å². The summed E-state index contributed by atoms with van der Waals surface area (Å²) in [6, 6.07) is 0. The molecule has 0 saturated heterocycles. The second-order valence-electron chi connectivity index (χ2n) is 13.3. The Kier molecular flexibility index (Phi) is 6.60. The van der Waals surface area contributed by atoms with E-state index in [0.29, 0.717) is 40.3 Å². The Hall–Kier alpha value is -0.413. The minimum Gasteiger partial charge on any atom is -0.413 e. The molecular weight excluding hydrogens is 396 g/mol. The van der Waals surface area contributed by atoms with Crippen molar-refractivity contribution in [2.45, 2.75) is 125 Å². The monoisotopic (exact) mass is 446 g/mol. The van der Waals surface area contributed by atoms with Crippen LogP contribution in [0.5, 0.6) is 0 Å². The van der Waals surface area contributed by atoms with E-state index in [1.807, 2.05) is 0 Å². The molecule has 0 N–H and O–H groups in total. The van der Waals surface area contributed by atoms with Crippen molar-refractivity contribution in [3.05, 3.63) is 12.2 Å². The Labute approximate surface area is 194 Å². The van der Waals surface area contributed by atoms with Crippen LogP contribution in [0.15, 0.2) is 12.2 Å². The number of ketones is 1. The number of fused-ring (bicyclic) bond motifs is 3. The summed E-state index contributed by atoms with van der Waals surface area (Å²) in [7, 11) is -1.91. The third-order valence-corrected chi connectivity index (χ3v) is 16.7. The van der Waals surface area contributed by atoms with Crippen LogP contribution < -0.4 is 0 Å². The predicted octanol–water partition coefficient (Wildman–Crippen LogP) is 8.18. The maximum absolute atomic E-state index is 12.4. The first-order chi connectivity index (χ1) is 14.2. The lowest BCUT2D eigenvalue weighted by atomic mass is 9.42. The summed E-state index contributed by atoms with van der Waals surface area (Å²) in [5, 5.41) is 0. The third kappa shape index (κ3) is 3.55. The number of hydrogen-bond acceptors (Lipinski definition) is 2. The van der Waals surface area contributed by atoms with Crippen molar-refractivity contribution in [2.75, 3.05) is 0 Å². The van der Waals surface area contributed by atoms with Crippen LogP contribution in [0, 0.1) is 34.0 Å². The van der Waals surface area contributed by atoms with Crippen LogP contribution in [-0.4, -0.2) is 20.2 Å². The standard InChI is InChI=1S/C28H50O2Si/c1-18(2)31(19(3)4,20(5)6)30-25-15-17-28(11)23(26(25,8)9)14-16-27(10)22(21(7)29)12-13-24(27)28/h12-13,18-20,22-25H,14-17H2,1-11H3/t22-,23-,24+,25-,27+,28-/m0/s1. The van der Waals surface area contributed by atoms with Gasteiger partial charge in [0.05, 0.1) is 6.10 Å². The zero-order chi connectivity index (χ0) is 23.6. The Morgan fingerprint density at radius 3 is 1.87 bits per heavy atom. The van der Waals surface area contributed by atoms with Gasteiger partial charge < -0.3 is 4.43 Å². The fourth-order valence-corrected chi connectivity index (χ4v) is 14.9. The minimum absolute atomic E-state index is 0.104. The highest BCUT2D eigenvalue weighted by atomic mass is 28.4. The molecule has 0 aromatic carbocycles. The minimum atomic E-state index is -1.91. The first-order valence-corrected chi connectivity index (χ1v) is 15.2. The van der Waals surface area contributed by atoms with Crippen LogP contribution in [0.2, 0.25) is 16.6 Å². The van der Waals surface area contributed by atoms with Crippen molar-refractivity contribution in [1.29, 1.82) is 0 Å². The van der Waals surface area contributed by atoms with Crippen LogP contribution in [0.4, 0.5) is 0 Å². The Bertz CT molecular complexity index is 699. The molecule has 178 valence electrons. The molecule has 3 aliphatic rings. The number of allylic oxidation sites excluding steroid dienone is 2. The molecule has 0 heterocycles. The number of Topliss-reactive ketones (excluding diaryl/α,β-unsaturated/α-hetero) is 1. The largest absolute Gasteiger partial charge is 0.413 e. The average Bonchev–Trinajstić information content (AvgIpc) is 2.98. The van der Waals surface area contributed by atoms with E-state index in [0.717, 1.165) is 12.8 Å². The molecule has 3 heteroatoms. The lowest BCUT2D eigenvalue weighted by molar-refractivity contribution is -0.160. The molecule has 2 fully saturated rings. The molecule has 0 aromatic heterocycles. The van der Waals surface area contributed by atoms with E-state index in [1.165, 1.54) is 12.8 Å². The molecule has 2 saturated carbocycles. The Morgan fingerprint density at radius 2 is 1.39 bits per heavy atom. The van der Waals surface area contributed by atoms with Crippen LogP contribution >= 0.6 is 0 Å². The van der Waals surface area contributed by atoms with Crippen molar-refractivity contribution >= 4 is 14.1 Å². The molecule has 0 aromatic rings. The van der Waals surface area contributed by atoms with E-state index in [9.17, 15) is 4.79 Å². The zero-order valence-corrected chi connectivity index (χ0v) is 23.3. The fourth-order valence-electron chi connectivity index (χ4n) is 9.20. The summed E-state index contributed by atoms with van der Waals surface area (Å²) in [5.74, 6) is 1.61. The second-order valence-corrected chi connectivity index (χ2v) is 18.7. The van der Waals surface area contributed by atoms with Crippen molar-refractivity contribution in [2.24, 2.45) is 34.0 Å². The van der Waals surface area contributed by atoms with Gasteiger partial charge in [-0.15, -0.1) is 0 Å². The highest BCUT2D eigenvalue weighted by Gasteiger charge is 2.64. The van der Waals surface area contributed by atoms with Gasteiger partial charge in [-0.05, 0) is 77.3 Å². The number of hydrogen-bond donors (Lipinski definition) is 0. The Morgan fingerprint density at radius 1 is 0.871 bits per heavy atom. The fraction of sp³-hybridized carbons (Fsp3) is 0.893. The van der Waals surface area contributed by atoms with Gasteiger partial charge in [-0.1, -0.05) is 81.4 Å². The molecule has 0 unspecified atom stereocenters. The van der Waals surface area contributed by atoms with E-state index < -0.39 is 8.32 Å². The maximum Gasteiger partial charge on any atom is 0.200 e. The predicted molar refractivity (Wildman–Crippen MR) is 135 cm³/mol. The lowest BCUT2D eigenvalue weighted by Crippen LogP contribution is -2.61. The molecule has 0 aliphatic heterocycles. The first kappa shape index (κ1) is 25.2. The summed E-state index contributed by atoms with van der Waals surface area (Å²) in [6.45, 7) is 26.2. The van der Waals surface area contributed by atoms with E-state index in [1.54, 1.807) is 6.92 Å². The third-order valence-electron chi connectivity index (χ3n) is 10.6. The lowest BCUT2D eigenvalue weighted by Gasteiger charge is -2.64. The van der Waals surface area contributed by atoms with Crippen molar-refractivity contribution in [1.82, 2.24) is 0 Å². The summed E-state index contributed by atoms with van der Waals surface area (Å²) in [6.07, 6.45) is 9.80. The molecule has 0 amide bonds. The van der Waals surface area contributed by atoms with E-state index in [2.05, 4.69) is 81.4 Å². The van der Waals surface area contributed by atoms with E-state index >= 15 is 0 Å². The molecule has 0 spiro atoms. The maximum atomic E-state index is 12.4. The molecule has 2 nitrogen and oxygen atoms in total. The van der Waals surface area contributed by atoms with Crippen LogP contribution in [-0.2, 0) is 9.22 Å². The first-order valence-electron chi connectivity index (χ1n) is 13.0. The molecule has 3 aliphatic carbocycles. The molecule has 31 heavy (non-hydrogen) atoms. The summed E-state index contributed by atoms with van der Waals surface area (Å²) >= 11 is 0. The quantitative estimate of drug-likeness (QED) is 0.304. The number of rotatable bonds is 6. The highest BCUT2D eigenvalue weighted by molar-refractivity contribution is 6.77. The van der Waals surface area contributed by atoms with Gasteiger partial charge in [0.2, 0.25) is 8.32 Å². The van der Waals surface area contributed by atoms with Crippen LogP contribution in [0.25, 0.3) is 0 Å². The smallest absolute Gasteiger partial charge is 0.200 e. The number of carbonyl (C=O) groups is 1. The Balaban J connectivity index is 1.94. The number of carbonyl (C=O) groups excluding carboxylic acids is 1. The average molecular weight is 447 g/mol. The van der Waals surface area contributed by atoms with Gasteiger partial charge >= 0.3 is 0 Å². The van der Waals surface area contributed by atoms with E-state index in [-0.39, 0.29) is 22.2 Å². The normalized spacial score (nSPS) is 39.8. The zero-order valence-electron chi connectivity index (χ0n) is 22.3. The van der Waals surface area contributed by atoms with Gasteiger partial charge in [0.1, 0.15) is 5.78 Å². The second kappa shape index (κ2) is 8.11. The molecule has 0 bridgehead atoms. The molecular formula is C28H50O2Si. The molecule has 3 rings (SSSR count). The summed E-state index contributed by atoms with van der Waals surface area (Å²) < 4.78 is 7.44. The van der Waals surface area contributed by atoms with Crippen molar-refractivity contribution in [3.8, 4) is 0 Å². The summed E-state index contributed by atoms with van der Waals surface area (Å²) in [4.78, 5) is 12.4. The van der Waals surface area contributed by atoms with Gasteiger partial charge in [0.15, 0.2) is 0 Å². The van der Waals surface area contributed by atoms with Gasteiger partial charge in [0, 0.05) is 5.92 Å². The van der Waals surface area contributed by atoms with Gasteiger partial charge in [-0.3, -0.25) is 4.79 Å². The van der Waals surface area contributed by atoms with Crippen LogP contribution in [0.1, 0.15) is 102 Å². The topological polar surface area (TPSA) is 26.3 Å². The highest BCUT2D eigenvalue weighted by Crippen LogP contribution is 2.68. The van der Waals surface area contributed by atoms with Crippen molar-refractivity contribution in [3.63, 3.8) is 0 Å². The molecule has 0 radical (unpaired) electrons. The summed E-state index contributed by atoms with van der Waals surface area (Å²) in [5.41, 5.74) is 2.40.